The van der Waals surface area contributed by atoms with Gasteiger partial charge in [-0.25, -0.2) is 9.78 Å². The van der Waals surface area contributed by atoms with Gasteiger partial charge in [0.2, 0.25) is 11.7 Å². The van der Waals surface area contributed by atoms with E-state index in [0.717, 1.165) is 25.7 Å². The molecule has 1 spiro atoms. The fourth-order valence-corrected chi connectivity index (χ4v) is 6.25. The summed E-state index contributed by atoms with van der Waals surface area (Å²) >= 11 is 0. The minimum atomic E-state index is -0.787. The molecule has 4 aliphatic heterocycles. The Morgan fingerprint density at radius 1 is 1.15 bits per heavy atom. The fourth-order valence-electron chi connectivity index (χ4n) is 6.25. The molecule has 4 heterocycles. The first-order valence-corrected chi connectivity index (χ1v) is 12.1. The highest BCUT2D eigenvalue weighted by atomic mass is 17.3. The number of benzene rings is 1. The third kappa shape index (κ3) is 4.17. The van der Waals surface area contributed by atoms with Crippen LogP contribution in [0.3, 0.4) is 0 Å². The minimum Gasteiger partial charge on any atom is -0.491 e. The molecule has 1 N–H and O–H groups in total. The van der Waals surface area contributed by atoms with Gasteiger partial charge in [-0.3, -0.25) is 4.79 Å². The second kappa shape index (κ2) is 8.82. The average molecular weight is 462 g/mol. The van der Waals surface area contributed by atoms with Gasteiger partial charge in [0.25, 0.3) is 0 Å². The first-order valence-electron chi connectivity index (χ1n) is 12.1. The molecule has 33 heavy (non-hydrogen) atoms. The molecule has 1 aromatic rings. The predicted octanol–water partition coefficient (Wildman–Crippen LogP) is 4.25. The van der Waals surface area contributed by atoms with Crippen LogP contribution in [0, 0.1) is 23.7 Å². The van der Waals surface area contributed by atoms with Gasteiger partial charge >= 0.3 is 0 Å². The number of rotatable bonds is 6. The Kier molecular flexibility index (Phi) is 6.16. The number of amides is 1. The number of ether oxygens (including phenoxy) is 4. The maximum absolute atomic E-state index is 11.3. The van der Waals surface area contributed by atoms with Crippen molar-refractivity contribution in [3.63, 3.8) is 0 Å². The van der Waals surface area contributed by atoms with E-state index in [9.17, 15) is 4.79 Å². The van der Waals surface area contributed by atoms with Crippen molar-refractivity contribution in [1.82, 2.24) is 0 Å². The van der Waals surface area contributed by atoms with Crippen molar-refractivity contribution in [3.05, 3.63) is 24.3 Å². The summed E-state index contributed by atoms with van der Waals surface area (Å²) in [7, 11) is 0. The van der Waals surface area contributed by atoms with E-state index < -0.39 is 24.0 Å². The van der Waals surface area contributed by atoms with Gasteiger partial charge in [-0.05, 0) is 50.2 Å². The topological polar surface area (TPSA) is 84.5 Å². The van der Waals surface area contributed by atoms with Crippen molar-refractivity contribution >= 4 is 11.6 Å². The summed E-state index contributed by atoms with van der Waals surface area (Å²) in [5.41, 5.74) is 0.126. The highest BCUT2D eigenvalue weighted by Gasteiger charge is 2.69. The summed E-state index contributed by atoms with van der Waals surface area (Å²) < 4.78 is 24.8. The van der Waals surface area contributed by atoms with Crippen LogP contribution in [0.5, 0.6) is 5.75 Å². The van der Waals surface area contributed by atoms with Crippen molar-refractivity contribution < 1.29 is 33.5 Å². The van der Waals surface area contributed by atoms with Crippen molar-refractivity contribution in [1.29, 1.82) is 0 Å². The summed E-state index contributed by atoms with van der Waals surface area (Å²) in [5, 5.41) is 2.76. The molecule has 4 saturated heterocycles. The smallest absolute Gasteiger partial charge is 0.221 e. The van der Waals surface area contributed by atoms with Gasteiger partial charge in [-0.2, -0.15) is 0 Å². The van der Waals surface area contributed by atoms with Crippen LogP contribution in [-0.4, -0.2) is 43.1 Å². The lowest BCUT2D eigenvalue weighted by Gasteiger charge is -2.60. The molecule has 5 aliphatic rings. The number of hydrogen-bond donors (Lipinski definition) is 1. The van der Waals surface area contributed by atoms with E-state index in [0.29, 0.717) is 36.5 Å². The maximum atomic E-state index is 11.3. The quantitative estimate of drug-likeness (QED) is 0.501. The SMILES string of the molecule is CC(=O)Nc1cccc(OCCO[C@H]2O[C@@H]3O[C@@]4(C)CCC5[C@H](C)CC[C@@H]([C@H]2C)[C@]53OO4)c1. The summed E-state index contributed by atoms with van der Waals surface area (Å²) in [6.45, 7) is 8.63. The minimum absolute atomic E-state index is 0.117. The van der Waals surface area contributed by atoms with Crippen LogP contribution in [0.4, 0.5) is 5.69 Å². The van der Waals surface area contributed by atoms with Crippen LogP contribution < -0.4 is 10.1 Å². The molecule has 0 radical (unpaired) electrons. The highest BCUT2D eigenvalue weighted by molar-refractivity contribution is 5.88. The average Bonchev–Trinajstić information content (AvgIpc) is 3.00. The predicted molar refractivity (Wildman–Crippen MR) is 119 cm³/mol. The number of carbonyl (C=O) groups is 1. The normalized spacial score (nSPS) is 41.7. The molecule has 8 heteroatoms. The first kappa shape index (κ1) is 23.1. The molecular formula is C25H35NO7. The molecule has 6 rings (SSSR count). The summed E-state index contributed by atoms with van der Waals surface area (Å²) in [5.74, 6) is 1.01. The molecule has 8 nitrogen and oxygen atoms in total. The summed E-state index contributed by atoms with van der Waals surface area (Å²) in [4.78, 5) is 23.3. The van der Waals surface area contributed by atoms with Gasteiger partial charge in [0.05, 0.1) is 6.61 Å². The molecule has 2 bridgehead atoms. The van der Waals surface area contributed by atoms with Crippen LogP contribution in [0.15, 0.2) is 24.3 Å². The number of fused-ring (bicyclic) bond motifs is 2. The van der Waals surface area contributed by atoms with Crippen LogP contribution >= 0.6 is 0 Å². The molecule has 1 amide bonds. The largest absolute Gasteiger partial charge is 0.491 e. The van der Waals surface area contributed by atoms with Crippen molar-refractivity contribution in [2.24, 2.45) is 23.7 Å². The van der Waals surface area contributed by atoms with E-state index in [-0.39, 0.29) is 17.7 Å². The Labute approximate surface area is 195 Å². The van der Waals surface area contributed by atoms with E-state index in [2.05, 4.69) is 19.2 Å². The number of hydrogen-bond acceptors (Lipinski definition) is 7. The summed E-state index contributed by atoms with van der Waals surface area (Å²) in [6, 6.07) is 7.31. The van der Waals surface area contributed by atoms with Crippen LogP contribution in [-0.2, 0) is 28.8 Å². The van der Waals surface area contributed by atoms with E-state index >= 15 is 0 Å². The third-order valence-electron chi connectivity index (χ3n) is 7.89. The van der Waals surface area contributed by atoms with Gasteiger partial charge in [0.1, 0.15) is 12.4 Å². The van der Waals surface area contributed by atoms with Crippen molar-refractivity contribution in [2.45, 2.75) is 77.3 Å². The molecule has 182 valence electrons. The first-order chi connectivity index (χ1) is 15.8. The van der Waals surface area contributed by atoms with Gasteiger partial charge in [0, 0.05) is 36.9 Å². The number of nitrogens with one attached hydrogen (secondary N) is 1. The van der Waals surface area contributed by atoms with Crippen LogP contribution in [0.1, 0.15) is 53.4 Å². The van der Waals surface area contributed by atoms with Gasteiger partial charge < -0.3 is 24.3 Å². The zero-order valence-electron chi connectivity index (χ0n) is 19.9. The van der Waals surface area contributed by atoms with Crippen LogP contribution in [0.2, 0.25) is 0 Å². The molecule has 8 atom stereocenters. The highest BCUT2D eigenvalue weighted by Crippen LogP contribution is 2.60. The Morgan fingerprint density at radius 2 is 2.00 bits per heavy atom. The van der Waals surface area contributed by atoms with Gasteiger partial charge in [-0.15, -0.1) is 0 Å². The molecule has 1 aliphatic carbocycles. The molecule has 1 saturated carbocycles. The van der Waals surface area contributed by atoms with E-state index in [1.165, 1.54) is 6.92 Å². The van der Waals surface area contributed by atoms with E-state index in [1.807, 2.05) is 25.1 Å². The second-order valence-corrected chi connectivity index (χ2v) is 10.2. The Morgan fingerprint density at radius 3 is 2.82 bits per heavy atom. The number of carbonyl (C=O) groups excluding carboxylic acids is 1. The zero-order chi connectivity index (χ0) is 23.2. The molecule has 5 fully saturated rings. The Hall–Kier alpha value is -1.71. The number of anilines is 1. The molecule has 0 aromatic heterocycles. The molecular weight excluding hydrogens is 426 g/mol. The van der Waals surface area contributed by atoms with Gasteiger partial charge in [0.15, 0.2) is 18.2 Å². The molecule has 1 unspecified atom stereocenters. The van der Waals surface area contributed by atoms with E-state index in [4.69, 9.17) is 28.7 Å². The van der Waals surface area contributed by atoms with Crippen molar-refractivity contribution in [3.8, 4) is 5.75 Å². The second-order valence-electron chi connectivity index (χ2n) is 10.2. The molecule has 1 aromatic carbocycles. The maximum Gasteiger partial charge on any atom is 0.221 e. The zero-order valence-corrected chi connectivity index (χ0v) is 19.9. The van der Waals surface area contributed by atoms with E-state index in [1.54, 1.807) is 6.07 Å². The summed E-state index contributed by atoms with van der Waals surface area (Å²) in [6.07, 6.45) is 3.09. The fraction of sp³-hybridized carbons (Fsp3) is 0.720. The monoisotopic (exact) mass is 461 g/mol. The third-order valence-corrected chi connectivity index (χ3v) is 7.89. The standard InChI is InChI=1S/C25H35NO7/c1-15-8-9-21-16(2)22(29-13-12-28-19-7-5-6-18(14-19)26-17(3)27)30-23-25(21)20(15)10-11-24(4,31-23)32-33-25/h5-7,14-16,20-23H,8-13H2,1-4H3,(H,26,27)/t15-,16-,20?,21+,22+,23-,24-,25-/m1/s1. The Bertz CT molecular complexity index is 880. The lowest BCUT2D eigenvalue weighted by molar-refractivity contribution is -0.577. The van der Waals surface area contributed by atoms with Crippen molar-refractivity contribution in [2.75, 3.05) is 18.5 Å². The van der Waals surface area contributed by atoms with Gasteiger partial charge in [-0.1, -0.05) is 19.9 Å². The Balaban J connectivity index is 1.23. The van der Waals surface area contributed by atoms with Crippen LogP contribution in [0.25, 0.3) is 0 Å². The lowest BCUT2D eigenvalue weighted by Crippen LogP contribution is -2.70. The lowest BCUT2D eigenvalue weighted by atomic mass is 9.58.